The van der Waals surface area contributed by atoms with E-state index in [-0.39, 0.29) is 11.8 Å². The number of nitrogens with one attached hydrogen (secondary N) is 1. The third kappa shape index (κ3) is 4.53. The fourth-order valence-electron chi connectivity index (χ4n) is 4.80. The number of rotatable bonds is 4. The molecule has 0 radical (unpaired) electrons. The van der Waals surface area contributed by atoms with E-state index in [0.717, 1.165) is 28.2 Å². The fraction of sp³-hybridized carbons (Fsp3) is 0.0645. The summed E-state index contributed by atoms with van der Waals surface area (Å²) < 4.78 is 2.78. The number of anilines is 2. The van der Waals surface area contributed by atoms with Crippen molar-refractivity contribution in [1.82, 2.24) is 9.55 Å². The van der Waals surface area contributed by atoms with Crippen molar-refractivity contribution in [3.63, 3.8) is 0 Å². The standard InChI is InChI=1S/C31H23BrN4O2/c32-27-18-22(34-30(37)25-11-3-2-10-24(25)28-12-5-6-16-33-28)14-15-26(27)31(38)36-20-23-9-7-17-35(23)19-21-8-1-4-13-29(21)36/h1-18H,19-20H2,(H,34,37). The van der Waals surface area contributed by atoms with Crippen molar-refractivity contribution < 1.29 is 9.59 Å². The van der Waals surface area contributed by atoms with Crippen LogP contribution in [0.3, 0.4) is 0 Å². The Balaban J connectivity index is 1.27. The summed E-state index contributed by atoms with van der Waals surface area (Å²) in [5.74, 6) is -0.364. The number of amides is 2. The lowest BCUT2D eigenvalue weighted by atomic mass is 10.0. The first-order valence-corrected chi connectivity index (χ1v) is 13.0. The topological polar surface area (TPSA) is 67.2 Å². The summed E-state index contributed by atoms with van der Waals surface area (Å²) in [5, 5.41) is 2.97. The van der Waals surface area contributed by atoms with E-state index in [1.807, 2.05) is 77.8 Å². The Morgan fingerprint density at radius 2 is 1.63 bits per heavy atom. The van der Waals surface area contributed by atoms with E-state index in [0.29, 0.717) is 34.4 Å². The lowest BCUT2D eigenvalue weighted by molar-refractivity contribution is 0.0983. The van der Waals surface area contributed by atoms with Gasteiger partial charge in [-0.2, -0.15) is 0 Å². The molecular formula is C31H23BrN4O2. The van der Waals surface area contributed by atoms with Crippen molar-refractivity contribution in [1.29, 1.82) is 0 Å². The molecule has 1 aliphatic heterocycles. The summed E-state index contributed by atoms with van der Waals surface area (Å²) in [6.07, 6.45) is 3.75. The molecule has 0 atom stereocenters. The molecule has 0 saturated heterocycles. The van der Waals surface area contributed by atoms with Gasteiger partial charge in [0.15, 0.2) is 0 Å². The van der Waals surface area contributed by atoms with Gasteiger partial charge in [0.1, 0.15) is 0 Å². The van der Waals surface area contributed by atoms with Crippen molar-refractivity contribution in [3.05, 3.63) is 136 Å². The third-order valence-electron chi connectivity index (χ3n) is 6.68. The number of carbonyl (C=O) groups is 2. The van der Waals surface area contributed by atoms with Crippen LogP contribution in [0.15, 0.2) is 114 Å². The molecule has 3 heterocycles. The summed E-state index contributed by atoms with van der Waals surface area (Å²) in [6, 6.07) is 30.3. The highest BCUT2D eigenvalue weighted by atomic mass is 79.9. The number of para-hydroxylation sites is 1. The highest BCUT2D eigenvalue weighted by Crippen LogP contribution is 2.32. The van der Waals surface area contributed by atoms with Gasteiger partial charge in [-0.3, -0.25) is 14.6 Å². The van der Waals surface area contributed by atoms with Gasteiger partial charge in [-0.1, -0.05) is 42.5 Å². The molecule has 3 aromatic carbocycles. The molecule has 0 unspecified atom stereocenters. The van der Waals surface area contributed by atoms with Gasteiger partial charge < -0.3 is 14.8 Å². The van der Waals surface area contributed by atoms with Crippen LogP contribution in [0.2, 0.25) is 0 Å². The average Bonchev–Trinajstić information content (AvgIpc) is 3.32. The Hall–Kier alpha value is -4.49. The Kier molecular flexibility index (Phi) is 6.35. The maximum Gasteiger partial charge on any atom is 0.259 e. The van der Waals surface area contributed by atoms with Gasteiger partial charge in [0.05, 0.1) is 17.8 Å². The van der Waals surface area contributed by atoms with Gasteiger partial charge in [0.2, 0.25) is 0 Å². The molecule has 0 spiro atoms. The van der Waals surface area contributed by atoms with Crippen molar-refractivity contribution in [2.24, 2.45) is 0 Å². The van der Waals surface area contributed by atoms with E-state index in [1.165, 1.54) is 0 Å². The van der Waals surface area contributed by atoms with Crippen molar-refractivity contribution in [2.75, 3.05) is 10.2 Å². The van der Waals surface area contributed by atoms with E-state index in [9.17, 15) is 9.59 Å². The van der Waals surface area contributed by atoms with E-state index < -0.39 is 0 Å². The largest absolute Gasteiger partial charge is 0.345 e. The summed E-state index contributed by atoms with van der Waals surface area (Å²) in [5.41, 5.74) is 6.16. The Labute approximate surface area is 228 Å². The van der Waals surface area contributed by atoms with E-state index in [2.05, 4.69) is 36.9 Å². The van der Waals surface area contributed by atoms with Crippen LogP contribution in [0.1, 0.15) is 32.0 Å². The number of pyridine rings is 1. The van der Waals surface area contributed by atoms with Crippen LogP contribution in [0.4, 0.5) is 11.4 Å². The van der Waals surface area contributed by atoms with Gasteiger partial charge in [-0.05, 0) is 76.1 Å². The summed E-state index contributed by atoms with van der Waals surface area (Å²) in [6.45, 7) is 1.19. The number of carbonyl (C=O) groups excluding carboxylic acids is 2. The number of hydrogen-bond donors (Lipinski definition) is 1. The number of benzene rings is 3. The first-order valence-electron chi connectivity index (χ1n) is 12.2. The minimum Gasteiger partial charge on any atom is -0.345 e. The molecule has 2 aromatic heterocycles. The van der Waals surface area contributed by atoms with Crippen molar-refractivity contribution in [3.8, 4) is 11.3 Å². The van der Waals surface area contributed by atoms with Crippen LogP contribution in [-0.4, -0.2) is 21.4 Å². The summed E-state index contributed by atoms with van der Waals surface area (Å²) >= 11 is 3.58. The number of aromatic nitrogens is 2. The van der Waals surface area contributed by atoms with Gasteiger partial charge in [-0.25, -0.2) is 0 Å². The molecular weight excluding hydrogens is 540 g/mol. The second kappa shape index (κ2) is 10.1. The number of halogens is 1. The average molecular weight is 563 g/mol. The molecule has 0 aliphatic carbocycles. The van der Waals surface area contributed by atoms with Gasteiger partial charge in [0.25, 0.3) is 11.8 Å². The fourth-order valence-corrected chi connectivity index (χ4v) is 5.35. The molecule has 0 bridgehead atoms. The van der Waals surface area contributed by atoms with Gasteiger partial charge >= 0.3 is 0 Å². The molecule has 7 heteroatoms. The zero-order valence-electron chi connectivity index (χ0n) is 20.3. The van der Waals surface area contributed by atoms with E-state index in [4.69, 9.17) is 0 Å². The summed E-state index contributed by atoms with van der Waals surface area (Å²) in [4.78, 5) is 33.2. The van der Waals surface area contributed by atoms with Gasteiger partial charge in [-0.15, -0.1) is 0 Å². The van der Waals surface area contributed by atoms with Crippen LogP contribution in [0.5, 0.6) is 0 Å². The highest BCUT2D eigenvalue weighted by Gasteiger charge is 2.26. The molecule has 1 aliphatic rings. The minimum absolute atomic E-state index is 0.114. The molecule has 0 fully saturated rings. The summed E-state index contributed by atoms with van der Waals surface area (Å²) in [7, 11) is 0. The smallest absolute Gasteiger partial charge is 0.259 e. The zero-order valence-corrected chi connectivity index (χ0v) is 21.9. The monoisotopic (exact) mass is 562 g/mol. The molecule has 186 valence electrons. The molecule has 0 saturated carbocycles. The number of hydrogen-bond acceptors (Lipinski definition) is 3. The number of nitrogens with zero attached hydrogens (tertiary/aromatic N) is 3. The quantitative estimate of drug-likeness (QED) is 0.262. The predicted molar refractivity (Wildman–Crippen MR) is 152 cm³/mol. The molecule has 2 amide bonds. The van der Waals surface area contributed by atoms with E-state index in [1.54, 1.807) is 30.5 Å². The Morgan fingerprint density at radius 1 is 0.816 bits per heavy atom. The van der Waals surface area contributed by atoms with Crippen LogP contribution in [0.25, 0.3) is 11.3 Å². The molecule has 6 nitrogen and oxygen atoms in total. The molecule has 5 aromatic rings. The maximum atomic E-state index is 13.8. The van der Waals surface area contributed by atoms with Gasteiger partial charge in [0, 0.05) is 51.6 Å². The Bertz CT molecular complexity index is 1660. The highest BCUT2D eigenvalue weighted by molar-refractivity contribution is 9.10. The maximum absolute atomic E-state index is 13.8. The molecule has 6 rings (SSSR count). The molecule has 38 heavy (non-hydrogen) atoms. The minimum atomic E-state index is -0.251. The van der Waals surface area contributed by atoms with Crippen molar-refractivity contribution in [2.45, 2.75) is 13.1 Å². The molecule has 1 N–H and O–H groups in total. The van der Waals surface area contributed by atoms with Crippen LogP contribution in [-0.2, 0) is 13.1 Å². The Morgan fingerprint density at radius 3 is 2.47 bits per heavy atom. The third-order valence-corrected chi connectivity index (χ3v) is 7.34. The lowest BCUT2D eigenvalue weighted by Gasteiger charge is -2.23. The first-order chi connectivity index (χ1) is 18.6. The second-order valence-corrected chi connectivity index (χ2v) is 9.91. The normalized spacial score (nSPS) is 12.3. The predicted octanol–water partition coefficient (Wildman–Crippen LogP) is 6.77. The van der Waals surface area contributed by atoms with Crippen LogP contribution < -0.4 is 10.2 Å². The van der Waals surface area contributed by atoms with Crippen LogP contribution in [0, 0.1) is 0 Å². The van der Waals surface area contributed by atoms with Crippen LogP contribution >= 0.6 is 15.9 Å². The number of fused-ring (bicyclic) bond motifs is 2. The zero-order chi connectivity index (χ0) is 26.1. The second-order valence-electron chi connectivity index (χ2n) is 9.06. The van der Waals surface area contributed by atoms with E-state index >= 15 is 0 Å². The SMILES string of the molecule is O=C(Nc1ccc(C(=O)N2Cc3cccn3Cc3ccccc32)c(Br)c1)c1ccccc1-c1ccccn1. The first kappa shape index (κ1) is 23.9. The van der Waals surface area contributed by atoms with Crippen molar-refractivity contribution >= 4 is 39.1 Å². The lowest BCUT2D eigenvalue weighted by Crippen LogP contribution is -2.31.